The molecule has 0 radical (unpaired) electrons. The Labute approximate surface area is 59.5 Å². The summed E-state index contributed by atoms with van der Waals surface area (Å²) in [5, 5.41) is 15.7. The second kappa shape index (κ2) is 5.86. The molecule has 3 heteroatoms. The standard InChI is InChI=1S/C5H6O2.C2H3N/c6-4-5-2-1-3-7-5;1-2-3/h1-3,6H,4H2;1H3. The molecule has 1 N–H and O–H groups in total. The third kappa shape index (κ3) is 3.70. The van der Waals surface area contributed by atoms with Crippen LogP contribution in [0.4, 0.5) is 0 Å². The van der Waals surface area contributed by atoms with Crippen molar-refractivity contribution in [3.8, 4) is 6.07 Å². The molecule has 1 aromatic heterocycles. The van der Waals surface area contributed by atoms with Crippen LogP contribution in [0.2, 0.25) is 0 Å². The Bertz CT molecular complexity index is 186. The minimum Gasteiger partial charge on any atom is -0.467 e. The molecule has 10 heavy (non-hydrogen) atoms. The fourth-order valence-electron chi connectivity index (χ4n) is 0.403. The highest BCUT2D eigenvalue weighted by Gasteiger charge is 1.85. The maximum atomic E-state index is 8.33. The van der Waals surface area contributed by atoms with E-state index < -0.39 is 0 Å². The smallest absolute Gasteiger partial charge is 0.129 e. The van der Waals surface area contributed by atoms with Gasteiger partial charge in [-0.3, -0.25) is 0 Å². The van der Waals surface area contributed by atoms with Crippen molar-refractivity contribution in [3.63, 3.8) is 0 Å². The molecular formula is C7H9NO2. The van der Waals surface area contributed by atoms with E-state index in [2.05, 4.69) is 0 Å². The van der Waals surface area contributed by atoms with E-state index in [4.69, 9.17) is 14.8 Å². The fraction of sp³-hybridized carbons (Fsp3) is 0.286. The first-order valence-corrected chi connectivity index (χ1v) is 2.79. The summed E-state index contributed by atoms with van der Waals surface area (Å²) < 4.78 is 4.73. The molecule has 0 aliphatic heterocycles. The first-order chi connectivity index (χ1) is 4.85. The van der Waals surface area contributed by atoms with Crippen molar-refractivity contribution in [2.45, 2.75) is 13.5 Å². The summed E-state index contributed by atoms with van der Waals surface area (Å²) in [5.74, 6) is 0.611. The Kier molecular flexibility index (Phi) is 5.12. The van der Waals surface area contributed by atoms with Crippen LogP contribution in [0.1, 0.15) is 12.7 Å². The van der Waals surface area contributed by atoms with Crippen LogP contribution in [0, 0.1) is 11.3 Å². The van der Waals surface area contributed by atoms with E-state index >= 15 is 0 Å². The molecule has 3 nitrogen and oxygen atoms in total. The number of hydrogen-bond donors (Lipinski definition) is 1. The van der Waals surface area contributed by atoms with Gasteiger partial charge in [0.25, 0.3) is 0 Å². The number of nitrogens with zero attached hydrogens (tertiary/aromatic N) is 1. The summed E-state index contributed by atoms with van der Waals surface area (Å²) >= 11 is 0. The van der Waals surface area contributed by atoms with Crippen LogP contribution in [-0.2, 0) is 6.61 Å². The first-order valence-electron chi connectivity index (χ1n) is 2.79. The molecule has 0 bridgehead atoms. The summed E-state index contributed by atoms with van der Waals surface area (Å²) in [5.41, 5.74) is 0. The lowest BCUT2D eigenvalue weighted by molar-refractivity contribution is 0.247. The van der Waals surface area contributed by atoms with Gasteiger partial charge < -0.3 is 9.52 Å². The van der Waals surface area contributed by atoms with Crippen LogP contribution in [0.5, 0.6) is 0 Å². The summed E-state index contributed by atoms with van der Waals surface area (Å²) in [4.78, 5) is 0. The highest BCUT2D eigenvalue weighted by atomic mass is 16.4. The average molecular weight is 139 g/mol. The SMILES string of the molecule is CC#N.OCc1ccco1. The molecular weight excluding hydrogens is 130 g/mol. The molecule has 1 aromatic rings. The average Bonchev–Trinajstić information content (AvgIpc) is 2.39. The lowest BCUT2D eigenvalue weighted by Gasteiger charge is -1.79. The van der Waals surface area contributed by atoms with Gasteiger partial charge in [-0.1, -0.05) is 0 Å². The molecule has 0 fully saturated rings. The molecule has 54 valence electrons. The van der Waals surface area contributed by atoms with Gasteiger partial charge in [0.05, 0.1) is 12.3 Å². The van der Waals surface area contributed by atoms with Gasteiger partial charge in [0.15, 0.2) is 0 Å². The van der Waals surface area contributed by atoms with Crippen LogP contribution in [0.3, 0.4) is 0 Å². The van der Waals surface area contributed by atoms with E-state index in [9.17, 15) is 0 Å². The van der Waals surface area contributed by atoms with Gasteiger partial charge in [-0.15, -0.1) is 0 Å². The van der Waals surface area contributed by atoms with Gasteiger partial charge >= 0.3 is 0 Å². The van der Waals surface area contributed by atoms with Gasteiger partial charge in [0, 0.05) is 6.92 Å². The second-order valence-corrected chi connectivity index (χ2v) is 1.46. The molecule has 0 spiro atoms. The van der Waals surface area contributed by atoms with E-state index in [1.807, 2.05) is 0 Å². The van der Waals surface area contributed by atoms with Crippen LogP contribution in [-0.4, -0.2) is 5.11 Å². The maximum absolute atomic E-state index is 8.33. The second-order valence-electron chi connectivity index (χ2n) is 1.46. The number of nitriles is 1. The predicted octanol–water partition coefficient (Wildman–Crippen LogP) is 1.30. The highest BCUT2D eigenvalue weighted by Crippen LogP contribution is 1.96. The van der Waals surface area contributed by atoms with Crippen molar-refractivity contribution in [3.05, 3.63) is 24.2 Å². The van der Waals surface area contributed by atoms with Gasteiger partial charge in [-0.05, 0) is 12.1 Å². The molecule has 0 aliphatic carbocycles. The maximum Gasteiger partial charge on any atom is 0.129 e. The monoisotopic (exact) mass is 139 g/mol. The van der Waals surface area contributed by atoms with Gasteiger partial charge in [0.1, 0.15) is 12.4 Å². The van der Waals surface area contributed by atoms with Crippen molar-refractivity contribution in [2.75, 3.05) is 0 Å². The lowest BCUT2D eigenvalue weighted by Crippen LogP contribution is -1.72. The molecule has 0 saturated carbocycles. The molecule has 0 amide bonds. The number of aliphatic hydroxyl groups is 1. The van der Waals surface area contributed by atoms with Crippen molar-refractivity contribution < 1.29 is 9.52 Å². The zero-order valence-corrected chi connectivity index (χ0v) is 5.74. The summed E-state index contributed by atoms with van der Waals surface area (Å²) in [6.07, 6.45) is 1.53. The van der Waals surface area contributed by atoms with Crippen molar-refractivity contribution in [2.24, 2.45) is 0 Å². The number of furan rings is 1. The van der Waals surface area contributed by atoms with E-state index in [1.54, 1.807) is 18.2 Å². The van der Waals surface area contributed by atoms with E-state index in [0.717, 1.165) is 0 Å². The predicted molar refractivity (Wildman–Crippen MR) is 35.9 cm³/mol. The minimum absolute atomic E-state index is 0.00694. The molecule has 0 unspecified atom stereocenters. The largest absolute Gasteiger partial charge is 0.467 e. The van der Waals surface area contributed by atoms with Gasteiger partial charge in [0.2, 0.25) is 0 Å². The van der Waals surface area contributed by atoms with Gasteiger partial charge in [-0.2, -0.15) is 5.26 Å². The minimum atomic E-state index is -0.00694. The molecule has 0 atom stereocenters. The third-order valence-electron chi connectivity index (χ3n) is 0.736. The van der Waals surface area contributed by atoms with Crippen molar-refractivity contribution in [1.29, 1.82) is 5.26 Å². The highest BCUT2D eigenvalue weighted by molar-refractivity contribution is 4.95. The van der Waals surface area contributed by atoms with Crippen LogP contribution >= 0.6 is 0 Å². The lowest BCUT2D eigenvalue weighted by atomic mass is 10.5. The Morgan fingerprint density at radius 1 is 1.80 bits per heavy atom. The Hall–Kier alpha value is -1.27. The topological polar surface area (TPSA) is 57.2 Å². The van der Waals surface area contributed by atoms with Crippen molar-refractivity contribution >= 4 is 0 Å². The van der Waals surface area contributed by atoms with Crippen LogP contribution in [0.15, 0.2) is 22.8 Å². The number of aliphatic hydroxyl groups excluding tert-OH is 1. The van der Waals surface area contributed by atoms with E-state index in [0.29, 0.717) is 5.76 Å². The Morgan fingerprint density at radius 2 is 2.40 bits per heavy atom. The Morgan fingerprint density at radius 3 is 2.60 bits per heavy atom. The zero-order valence-electron chi connectivity index (χ0n) is 5.74. The fourth-order valence-corrected chi connectivity index (χ4v) is 0.403. The first kappa shape index (κ1) is 8.73. The summed E-state index contributed by atoms with van der Waals surface area (Å²) in [6, 6.07) is 5.21. The number of rotatable bonds is 1. The summed E-state index contributed by atoms with van der Waals surface area (Å²) in [7, 11) is 0. The van der Waals surface area contributed by atoms with Crippen LogP contribution < -0.4 is 0 Å². The van der Waals surface area contributed by atoms with E-state index in [1.165, 1.54) is 13.2 Å². The Balaban J connectivity index is 0.000000236. The third-order valence-corrected chi connectivity index (χ3v) is 0.736. The molecule has 1 rings (SSSR count). The molecule has 0 saturated heterocycles. The van der Waals surface area contributed by atoms with Gasteiger partial charge in [-0.25, -0.2) is 0 Å². The normalized spacial score (nSPS) is 7.30. The quantitative estimate of drug-likeness (QED) is 0.638. The number of hydrogen-bond acceptors (Lipinski definition) is 3. The van der Waals surface area contributed by atoms with E-state index in [-0.39, 0.29) is 6.61 Å². The summed E-state index contributed by atoms with van der Waals surface area (Å²) in [6.45, 7) is 1.42. The van der Waals surface area contributed by atoms with Crippen molar-refractivity contribution in [1.82, 2.24) is 0 Å². The molecule has 0 aromatic carbocycles. The molecule has 0 aliphatic rings. The zero-order chi connectivity index (χ0) is 7.82. The molecule has 1 heterocycles. The van der Waals surface area contributed by atoms with Crippen LogP contribution in [0.25, 0.3) is 0 Å².